The van der Waals surface area contributed by atoms with Crippen LogP contribution in [0.3, 0.4) is 0 Å². The molecule has 0 spiro atoms. The van der Waals surface area contributed by atoms with Crippen LogP contribution in [0.15, 0.2) is 29.3 Å². The van der Waals surface area contributed by atoms with Gasteiger partial charge in [0.15, 0.2) is 9.84 Å². The third-order valence-electron chi connectivity index (χ3n) is 2.44. The molecule has 0 saturated carbocycles. The van der Waals surface area contributed by atoms with Gasteiger partial charge in [-0.2, -0.15) is 0 Å². The predicted octanol–water partition coefficient (Wildman–Crippen LogP) is 1.13. The maximum atomic E-state index is 11.6. The molecule has 0 radical (unpaired) electrons. The number of nitro benzene ring substituents is 1. The first-order chi connectivity index (χ1) is 8.32. The Labute approximate surface area is 102 Å². The molecule has 0 bridgehead atoms. The fraction of sp³-hybridized carbons (Fsp3) is 0.100. The zero-order valence-corrected chi connectivity index (χ0v) is 10.1. The summed E-state index contributed by atoms with van der Waals surface area (Å²) in [5.74, 6) is 0. The van der Waals surface area contributed by atoms with Gasteiger partial charge in [0.2, 0.25) is 0 Å². The van der Waals surface area contributed by atoms with Gasteiger partial charge in [-0.3, -0.25) is 15.1 Å². The minimum atomic E-state index is -3.74. The van der Waals surface area contributed by atoms with Crippen LogP contribution in [0.25, 0.3) is 10.9 Å². The van der Waals surface area contributed by atoms with Crippen LogP contribution in [0.4, 0.5) is 11.4 Å². The summed E-state index contributed by atoms with van der Waals surface area (Å²) in [6, 6.07) is 3.98. The van der Waals surface area contributed by atoms with Crippen molar-refractivity contribution < 1.29 is 13.3 Å². The molecule has 1 heterocycles. The number of fused-ring (bicyclic) bond motifs is 1. The first-order valence-electron chi connectivity index (χ1n) is 4.84. The number of hydrogen-bond acceptors (Lipinski definition) is 6. The van der Waals surface area contributed by atoms with Crippen LogP contribution in [-0.4, -0.2) is 24.6 Å². The molecule has 18 heavy (non-hydrogen) atoms. The minimum absolute atomic E-state index is 0.0941. The SMILES string of the molecule is CS(=O)(=O)c1cc(N)c2ncccc2c1[N+](=O)[O-]. The molecule has 94 valence electrons. The summed E-state index contributed by atoms with van der Waals surface area (Å²) in [5, 5.41) is 11.2. The quantitative estimate of drug-likeness (QED) is 0.495. The zero-order chi connectivity index (χ0) is 13.5. The lowest BCUT2D eigenvalue weighted by Gasteiger charge is -2.06. The third-order valence-corrected chi connectivity index (χ3v) is 3.55. The second-order valence-corrected chi connectivity index (χ2v) is 5.73. The average Bonchev–Trinajstić information content (AvgIpc) is 2.27. The molecular weight excluding hydrogens is 258 g/mol. The summed E-state index contributed by atoms with van der Waals surface area (Å²) in [7, 11) is -3.74. The van der Waals surface area contributed by atoms with E-state index in [-0.39, 0.29) is 16.6 Å². The summed E-state index contributed by atoms with van der Waals surface area (Å²) in [6.07, 6.45) is 2.33. The number of benzene rings is 1. The summed E-state index contributed by atoms with van der Waals surface area (Å²) in [6.45, 7) is 0. The van der Waals surface area contributed by atoms with Gasteiger partial charge in [0.25, 0.3) is 5.69 Å². The van der Waals surface area contributed by atoms with E-state index in [0.717, 1.165) is 12.3 Å². The molecule has 0 aliphatic rings. The number of sulfone groups is 1. The Hall–Kier alpha value is -2.22. The van der Waals surface area contributed by atoms with E-state index < -0.39 is 25.3 Å². The summed E-state index contributed by atoms with van der Waals surface area (Å²) < 4.78 is 23.1. The number of nitro groups is 1. The lowest BCUT2D eigenvalue weighted by Crippen LogP contribution is -2.05. The van der Waals surface area contributed by atoms with Crippen molar-refractivity contribution in [2.45, 2.75) is 4.90 Å². The van der Waals surface area contributed by atoms with E-state index in [1.807, 2.05) is 0 Å². The Kier molecular flexibility index (Phi) is 2.66. The Morgan fingerprint density at radius 1 is 1.44 bits per heavy atom. The van der Waals surface area contributed by atoms with Gasteiger partial charge >= 0.3 is 0 Å². The summed E-state index contributed by atoms with van der Waals surface area (Å²) in [4.78, 5) is 13.9. The highest BCUT2D eigenvalue weighted by atomic mass is 32.2. The Bertz CT molecular complexity index is 755. The molecule has 0 saturated heterocycles. The van der Waals surface area contributed by atoms with Gasteiger partial charge in [-0.1, -0.05) is 0 Å². The first kappa shape index (κ1) is 12.2. The summed E-state index contributed by atoms with van der Waals surface area (Å²) >= 11 is 0. The molecule has 0 amide bonds. The zero-order valence-electron chi connectivity index (χ0n) is 9.32. The maximum Gasteiger partial charge on any atom is 0.297 e. The van der Waals surface area contributed by atoms with Crippen LogP contribution >= 0.6 is 0 Å². The molecule has 0 aliphatic carbocycles. The predicted molar refractivity (Wildman–Crippen MR) is 65.9 cm³/mol. The molecule has 0 fully saturated rings. The molecule has 0 aliphatic heterocycles. The number of anilines is 1. The Morgan fingerprint density at radius 2 is 2.11 bits per heavy atom. The molecule has 2 aromatic rings. The molecule has 0 atom stereocenters. The third kappa shape index (κ3) is 1.86. The van der Waals surface area contributed by atoms with Crippen LogP contribution in [-0.2, 0) is 9.84 Å². The molecule has 2 N–H and O–H groups in total. The largest absolute Gasteiger partial charge is 0.397 e. The molecule has 1 aromatic heterocycles. The second-order valence-electron chi connectivity index (χ2n) is 3.74. The number of nitrogens with two attached hydrogens (primary N) is 1. The van der Waals surface area contributed by atoms with E-state index >= 15 is 0 Å². The number of rotatable bonds is 2. The molecule has 0 unspecified atom stereocenters. The number of hydrogen-bond donors (Lipinski definition) is 1. The van der Waals surface area contributed by atoms with Gasteiger partial charge in [0, 0.05) is 12.5 Å². The van der Waals surface area contributed by atoms with E-state index in [4.69, 9.17) is 5.73 Å². The van der Waals surface area contributed by atoms with E-state index in [1.165, 1.54) is 18.3 Å². The van der Waals surface area contributed by atoms with Crippen molar-refractivity contribution in [2.24, 2.45) is 0 Å². The Morgan fingerprint density at radius 3 is 2.67 bits per heavy atom. The lowest BCUT2D eigenvalue weighted by molar-refractivity contribution is -0.386. The van der Waals surface area contributed by atoms with Gasteiger partial charge in [-0.15, -0.1) is 0 Å². The number of nitrogens with zero attached hydrogens (tertiary/aromatic N) is 2. The van der Waals surface area contributed by atoms with Crippen LogP contribution in [0.2, 0.25) is 0 Å². The highest BCUT2D eigenvalue weighted by molar-refractivity contribution is 7.90. The van der Waals surface area contributed by atoms with Crippen molar-refractivity contribution in [3.8, 4) is 0 Å². The lowest BCUT2D eigenvalue weighted by atomic mass is 10.1. The van der Waals surface area contributed by atoms with Gasteiger partial charge < -0.3 is 5.73 Å². The molecule has 7 nitrogen and oxygen atoms in total. The van der Waals surface area contributed by atoms with Crippen LogP contribution in [0.5, 0.6) is 0 Å². The van der Waals surface area contributed by atoms with E-state index in [2.05, 4.69) is 4.98 Å². The molecule has 8 heteroatoms. The highest BCUT2D eigenvalue weighted by Gasteiger charge is 2.27. The van der Waals surface area contributed by atoms with E-state index in [1.54, 1.807) is 0 Å². The summed E-state index contributed by atoms with van der Waals surface area (Å²) in [5.41, 5.74) is 5.50. The monoisotopic (exact) mass is 267 g/mol. The smallest absolute Gasteiger partial charge is 0.297 e. The van der Waals surface area contributed by atoms with Crippen molar-refractivity contribution in [3.63, 3.8) is 0 Å². The van der Waals surface area contributed by atoms with Crippen molar-refractivity contribution in [1.82, 2.24) is 4.98 Å². The van der Waals surface area contributed by atoms with Crippen LogP contribution < -0.4 is 5.73 Å². The minimum Gasteiger partial charge on any atom is -0.397 e. The first-order valence-corrected chi connectivity index (χ1v) is 6.73. The van der Waals surface area contributed by atoms with Gasteiger partial charge in [-0.05, 0) is 18.2 Å². The number of pyridine rings is 1. The van der Waals surface area contributed by atoms with E-state index in [0.29, 0.717) is 0 Å². The Balaban J connectivity index is 3.06. The average molecular weight is 267 g/mol. The molecule has 1 aromatic carbocycles. The molecular formula is C10H9N3O4S. The van der Waals surface area contributed by atoms with Crippen molar-refractivity contribution >= 4 is 32.1 Å². The maximum absolute atomic E-state index is 11.6. The van der Waals surface area contributed by atoms with Crippen LogP contribution in [0.1, 0.15) is 0 Å². The second kappa shape index (κ2) is 3.91. The van der Waals surface area contributed by atoms with Crippen molar-refractivity contribution in [1.29, 1.82) is 0 Å². The number of aromatic nitrogens is 1. The normalized spacial score (nSPS) is 11.6. The highest BCUT2D eigenvalue weighted by Crippen LogP contribution is 2.35. The van der Waals surface area contributed by atoms with Crippen LogP contribution in [0, 0.1) is 10.1 Å². The fourth-order valence-electron chi connectivity index (χ4n) is 1.71. The van der Waals surface area contributed by atoms with Crippen molar-refractivity contribution in [3.05, 3.63) is 34.5 Å². The van der Waals surface area contributed by atoms with Gasteiger partial charge in [-0.25, -0.2) is 8.42 Å². The van der Waals surface area contributed by atoms with E-state index in [9.17, 15) is 18.5 Å². The standard InChI is InChI=1S/C10H9N3O4S/c1-18(16,17)8-5-7(11)9-6(3-2-4-12-9)10(8)13(14)15/h2-5H,11H2,1H3. The topological polar surface area (TPSA) is 116 Å². The van der Waals surface area contributed by atoms with Crippen molar-refractivity contribution in [2.75, 3.05) is 12.0 Å². The fourth-order valence-corrected chi connectivity index (χ4v) is 2.58. The molecule has 2 rings (SSSR count). The number of nitrogen functional groups attached to an aromatic ring is 1. The van der Waals surface area contributed by atoms with Gasteiger partial charge in [0.1, 0.15) is 10.4 Å². The van der Waals surface area contributed by atoms with Gasteiger partial charge in [0.05, 0.1) is 16.0 Å².